The number of aryl methyl sites for hydroxylation is 2. The lowest BCUT2D eigenvalue weighted by molar-refractivity contribution is 0.0600. The maximum Gasteiger partial charge on any atom is 0.339 e. The highest BCUT2D eigenvalue weighted by Gasteiger charge is 2.10. The highest BCUT2D eigenvalue weighted by Crippen LogP contribution is 2.19. The second-order valence-electron chi connectivity index (χ2n) is 3.51. The summed E-state index contributed by atoms with van der Waals surface area (Å²) in [7, 11) is 3.30. The minimum atomic E-state index is -0.354. The predicted octanol–water partition coefficient (Wildman–Crippen LogP) is 2.69. The van der Waals surface area contributed by atoms with E-state index >= 15 is 0 Å². The van der Waals surface area contributed by atoms with Gasteiger partial charge in [-0.1, -0.05) is 13.8 Å². The third-order valence-electron chi connectivity index (χ3n) is 2.43. The molecule has 0 aromatic carbocycles. The normalized spacial score (nSPS) is 9.71. The van der Waals surface area contributed by atoms with Crippen molar-refractivity contribution in [1.29, 1.82) is 0 Å². The van der Waals surface area contributed by atoms with Crippen LogP contribution in [-0.4, -0.2) is 22.6 Å². The molecule has 2 heterocycles. The van der Waals surface area contributed by atoms with E-state index in [9.17, 15) is 4.79 Å². The molecule has 0 aliphatic rings. The fourth-order valence-electron chi connectivity index (χ4n) is 1.68. The van der Waals surface area contributed by atoms with E-state index in [2.05, 4.69) is 9.72 Å². The summed E-state index contributed by atoms with van der Waals surface area (Å²) < 4.78 is 6.58. The van der Waals surface area contributed by atoms with E-state index in [-0.39, 0.29) is 5.97 Å². The van der Waals surface area contributed by atoms with Crippen LogP contribution in [0.1, 0.15) is 29.8 Å². The molecule has 0 unspecified atom stereocenters. The first-order valence-corrected chi connectivity index (χ1v) is 5.63. The fourth-order valence-corrected chi connectivity index (χ4v) is 1.68. The molecule has 0 aliphatic heterocycles. The Balaban J connectivity index is 0.000000686. The molecule has 0 amide bonds. The van der Waals surface area contributed by atoms with Crippen molar-refractivity contribution < 1.29 is 9.53 Å². The standard InChI is InChI=1S/C11H12N2O2.C2H6/c1-7-6-13(2)10-9(7)4-8(5-12-10)11(14)15-3;1-2/h4-6H,1-3H3;1-2H3. The molecule has 0 saturated heterocycles. The Morgan fingerprint density at radius 3 is 2.65 bits per heavy atom. The first-order valence-electron chi connectivity index (χ1n) is 5.63. The van der Waals surface area contributed by atoms with Gasteiger partial charge in [-0.25, -0.2) is 9.78 Å². The van der Waals surface area contributed by atoms with Crippen LogP contribution in [0, 0.1) is 6.92 Å². The van der Waals surface area contributed by atoms with Crippen molar-refractivity contribution in [2.24, 2.45) is 7.05 Å². The molecule has 2 rings (SSSR count). The van der Waals surface area contributed by atoms with Gasteiger partial charge in [-0.05, 0) is 18.6 Å². The number of aromatic nitrogens is 2. The van der Waals surface area contributed by atoms with Crippen molar-refractivity contribution in [2.75, 3.05) is 7.11 Å². The van der Waals surface area contributed by atoms with Crippen molar-refractivity contribution in [3.63, 3.8) is 0 Å². The number of hydrogen-bond donors (Lipinski definition) is 0. The topological polar surface area (TPSA) is 44.1 Å². The molecule has 17 heavy (non-hydrogen) atoms. The van der Waals surface area contributed by atoms with Gasteiger partial charge in [-0.3, -0.25) is 0 Å². The van der Waals surface area contributed by atoms with Crippen LogP contribution < -0.4 is 0 Å². The summed E-state index contributed by atoms with van der Waals surface area (Å²) in [4.78, 5) is 15.5. The van der Waals surface area contributed by atoms with Gasteiger partial charge in [0.25, 0.3) is 0 Å². The Morgan fingerprint density at radius 1 is 1.41 bits per heavy atom. The molecular formula is C13H18N2O2. The van der Waals surface area contributed by atoms with Crippen molar-refractivity contribution >= 4 is 17.0 Å². The van der Waals surface area contributed by atoms with E-state index in [1.165, 1.54) is 13.3 Å². The average Bonchev–Trinajstić information content (AvgIpc) is 2.66. The quantitative estimate of drug-likeness (QED) is 0.712. The van der Waals surface area contributed by atoms with Crippen molar-refractivity contribution in [3.05, 3.63) is 29.6 Å². The number of esters is 1. The van der Waals surface area contributed by atoms with Gasteiger partial charge in [0.05, 0.1) is 12.7 Å². The van der Waals surface area contributed by atoms with Gasteiger partial charge in [0, 0.05) is 24.8 Å². The second kappa shape index (κ2) is 5.48. The van der Waals surface area contributed by atoms with E-state index < -0.39 is 0 Å². The molecule has 92 valence electrons. The number of rotatable bonds is 1. The summed E-state index contributed by atoms with van der Waals surface area (Å²) in [6.45, 7) is 5.99. The van der Waals surface area contributed by atoms with Crippen LogP contribution >= 0.6 is 0 Å². The number of hydrogen-bond acceptors (Lipinski definition) is 3. The van der Waals surface area contributed by atoms with Gasteiger partial charge in [0.1, 0.15) is 5.65 Å². The number of fused-ring (bicyclic) bond motifs is 1. The molecule has 0 N–H and O–H groups in total. The van der Waals surface area contributed by atoms with Crippen molar-refractivity contribution in [1.82, 2.24) is 9.55 Å². The SMILES string of the molecule is CC.COC(=O)c1cnc2c(c1)c(C)cn2C. The molecule has 0 radical (unpaired) electrons. The van der Waals surface area contributed by atoms with Gasteiger partial charge in [-0.2, -0.15) is 0 Å². The number of carbonyl (C=O) groups is 1. The molecule has 0 atom stereocenters. The summed E-state index contributed by atoms with van der Waals surface area (Å²) in [5.74, 6) is -0.354. The number of nitrogens with zero attached hydrogens (tertiary/aromatic N) is 2. The highest BCUT2D eigenvalue weighted by molar-refractivity contribution is 5.94. The summed E-state index contributed by atoms with van der Waals surface area (Å²) >= 11 is 0. The number of ether oxygens (including phenoxy) is 1. The summed E-state index contributed by atoms with van der Waals surface area (Å²) in [5, 5.41) is 0.986. The van der Waals surface area contributed by atoms with Crippen LogP contribution in [0.25, 0.3) is 11.0 Å². The molecule has 2 aromatic rings. The zero-order valence-corrected chi connectivity index (χ0v) is 10.9. The minimum Gasteiger partial charge on any atom is -0.465 e. The summed E-state index contributed by atoms with van der Waals surface area (Å²) in [6, 6.07) is 1.81. The van der Waals surface area contributed by atoms with Crippen LogP contribution in [0.15, 0.2) is 18.5 Å². The minimum absolute atomic E-state index is 0.354. The first kappa shape index (κ1) is 13.2. The lowest BCUT2D eigenvalue weighted by Gasteiger charge is -1.99. The van der Waals surface area contributed by atoms with Crippen LogP contribution in [0.2, 0.25) is 0 Å². The van der Waals surface area contributed by atoms with Gasteiger partial charge in [0.15, 0.2) is 0 Å². The Bertz CT molecular complexity index is 529. The van der Waals surface area contributed by atoms with Crippen molar-refractivity contribution in [3.8, 4) is 0 Å². The largest absolute Gasteiger partial charge is 0.465 e. The first-order chi connectivity index (χ1) is 8.13. The van der Waals surface area contributed by atoms with E-state index in [1.54, 1.807) is 0 Å². The van der Waals surface area contributed by atoms with Gasteiger partial charge in [0.2, 0.25) is 0 Å². The van der Waals surface area contributed by atoms with Crippen LogP contribution in [0.3, 0.4) is 0 Å². The lowest BCUT2D eigenvalue weighted by atomic mass is 10.2. The molecular weight excluding hydrogens is 216 g/mol. The van der Waals surface area contributed by atoms with E-state index in [4.69, 9.17) is 0 Å². The third-order valence-corrected chi connectivity index (χ3v) is 2.43. The highest BCUT2D eigenvalue weighted by atomic mass is 16.5. The van der Waals surface area contributed by atoms with Crippen molar-refractivity contribution in [2.45, 2.75) is 20.8 Å². The Morgan fingerprint density at radius 2 is 2.06 bits per heavy atom. The predicted molar refractivity (Wildman–Crippen MR) is 68.1 cm³/mol. The molecule has 4 nitrogen and oxygen atoms in total. The zero-order valence-electron chi connectivity index (χ0n) is 10.9. The number of carbonyl (C=O) groups excluding carboxylic acids is 1. The van der Waals surface area contributed by atoms with E-state index in [1.807, 2.05) is 44.6 Å². The monoisotopic (exact) mass is 234 g/mol. The average molecular weight is 234 g/mol. The Kier molecular flexibility index (Phi) is 4.26. The number of methoxy groups -OCH3 is 1. The lowest BCUT2D eigenvalue weighted by Crippen LogP contribution is -2.01. The maximum absolute atomic E-state index is 11.3. The van der Waals surface area contributed by atoms with Gasteiger partial charge >= 0.3 is 5.97 Å². The summed E-state index contributed by atoms with van der Waals surface area (Å²) in [6.07, 6.45) is 3.52. The summed E-state index contributed by atoms with van der Waals surface area (Å²) in [5.41, 5.74) is 2.46. The van der Waals surface area contributed by atoms with Crippen LogP contribution in [0.5, 0.6) is 0 Å². The molecule has 0 spiro atoms. The molecule has 4 heteroatoms. The number of pyridine rings is 1. The molecule has 0 aliphatic carbocycles. The van der Waals surface area contributed by atoms with E-state index in [0.717, 1.165) is 16.6 Å². The maximum atomic E-state index is 11.3. The van der Waals surface area contributed by atoms with Gasteiger partial charge in [-0.15, -0.1) is 0 Å². The second-order valence-corrected chi connectivity index (χ2v) is 3.51. The third kappa shape index (κ3) is 2.46. The van der Waals surface area contributed by atoms with Crippen LogP contribution in [0.4, 0.5) is 0 Å². The molecule has 2 aromatic heterocycles. The van der Waals surface area contributed by atoms with Gasteiger partial charge < -0.3 is 9.30 Å². The molecule has 0 bridgehead atoms. The Hall–Kier alpha value is -1.84. The molecule has 0 fully saturated rings. The Labute approximate surface area is 101 Å². The fraction of sp³-hybridized carbons (Fsp3) is 0.385. The molecule has 0 saturated carbocycles. The van der Waals surface area contributed by atoms with Crippen LogP contribution in [-0.2, 0) is 11.8 Å². The smallest absolute Gasteiger partial charge is 0.339 e. The zero-order chi connectivity index (χ0) is 13.0. The van der Waals surface area contributed by atoms with E-state index in [0.29, 0.717) is 5.56 Å².